The summed E-state index contributed by atoms with van der Waals surface area (Å²) in [6.07, 6.45) is 5.91. The Morgan fingerprint density at radius 1 is 1.30 bits per heavy atom. The van der Waals surface area contributed by atoms with Crippen molar-refractivity contribution in [1.29, 1.82) is 0 Å². The van der Waals surface area contributed by atoms with E-state index in [1.807, 2.05) is 0 Å². The molecule has 0 aromatic carbocycles. The minimum absolute atomic E-state index is 0.806. The lowest BCUT2D eigenvalue weighted by molar-refractivity contribution is 0.593. The third-order valence-electron chi connectivity index (χ3n) is 2.33. The Hall–Kier alpha value is 0.310. The van der Waals surface area contributed by atoms with Crippen LogP contribution < -0.4 is 5.32 Å². The van der Waals surface area contributed by atoms with Gasteiger partial charge in [0.1, 0.15) is 0 Å². The normalized spacial score (nSPS) is 33.0. The molecule has 1 saturated carbocycles. The van der Waals surface area contributed by atoms with Crippen LogP contribution in [0.5, 0.6) is 0 Å². The van der Waals surface area contributed by atoms with Gasteiger partial charge in [-0.15, -0.1) is 11.8 Å². The van der Waals surface area contributed by atoms with Crippen molar-refractivity contribution in [3.05, 3.63) is 0 Å². The van der Waals surface area contributed by atoms with Gasteiger partial charge in [-0.05, 0) is 18.8 Å². The molecule has 58 valence electrons. The Morgan fingerprint density at radius 2 is 2.20 bits per heavy atom. The standard InChI is InChI=1S/C8H15NS/c1-2-7(1)3-4-8-9-5-6-10-8/h7-9H,1-6H2. The molecule has 0 amide bonds. The van der Waals surface area contributed by atoms with Crippen LogP contribution in [-0.2, 0) is 0 Å². The molecule has 10 heavy (non-hydrogen) atoms. The number of hydrogen-bond acceptors (Lipinski definition) is 2. The molecule has 2 aliphatic rings. The predicted octanol–water partition coefficient (Wildman–Crippen LogP) is 1.84. The zero-order valence-electron chi connectivity index (χ0n) is 6.31. The van der Waals surface area contributed by atoms with Gasteiger partial charge in [-0.25, -0.2) is 0 Å². The van der Waals surface area contributed by atoms with Crippen molar-refractivity contribution in [2.75, 3.05) is 12.3 Å². The fourth-order valence-corrected chi connectivity index (χ4v) is 2.52. The Morgan fingerprint density at radius 3 is 2.80 bits per heavy atom. The highest BCUT2D eigenvalue weighted by Crippen LogP contribution is 2.35. The van der Waals surface area contributed by atoms with Crippen LogP contribution >= 0.6 is 11.8 Å². The van der Waals surface area contributed by atoms with E-state index in [9.17, 15) is 0 Å². The monoisotopic (exact) mass is 157 g/mol. The second-order valence-corrected chi connectivity index (χ2v) is 4.64. The highest BCUT2D eigenvalue weighted by Gasteiger charge is 2.23. The molecule has 0 bridgehead atoms. The second-order valence-electron chi connectivity index (χ2n) is 3.33. The Labute approximate surface area is 67.0 Å². The van der Waals surface area contributed by atoms with Gasteiger partial charge < -0.3 is 5.32 Å². The van der Waals surface area contributed by atoms with Gasteiger partial charge in [0, 0.05) is 12.3 Å². The molecule has 1 N–H and O–H groups in total. The zero-order chi connectivity index (χ0) is 6.81. The first kappa shape index (κ1) is 6.99. The van der Waals surface area contributed by atoms with Crippen molar-refractivity contribution in [3.63, 3.8) is 0 Å². The number of nitrogens with one attached hydrogen (secondary N) is 1. The topological polar surface area (TPSA) is 12.0 Å². The minimum atomic E-state index is 0.806. The van der Waals surface area contributed by atoms with Gasteiger partial charge in [-0.3, -0.25) is 0 Å². The van der Waals surface area contributed by atoms with Gasteiger partial charge in [0.2, 0.25) is 0 Å². The van der Waals surface area contributed by atoms with Gasteiger partial charge in [0.25, 0.3) is 0 Å². The molecule has 1 aliphatic heterocycles. The smallest absolute Gasteiger partial charge is 0.0532 e. The average Bonchev–Trinajstić information content (AvgIpc) is 2.63. The molecule has 1 aliphatic carbocycles. The first-order chi connectivity index (χ1) is 4.95. The second kappa shape index (κ2) is 3.14. The van der Waals surface area contributed by atoms with Crippen molar-refractivity contribution in [3.8, 4) is 0 Å². The molecule has 0 radical (unpaired) electrons. The molecule has 0 aromatic heterocycles. The summed E-state index contributed by atoms with van der Waals surface area (Å²) in [6, 6.07) is 0. The average molecular weight is 157 g/mol. The summed E-state index contributed by atoms with van der Waals surface area (Å²) < 4.78 is 0. The first-order valence-corrected chi connectivity index (χ1v) is 5.35. The van der Waals surface area contributed by atoms with Gasteiger partial charge in [0.05, 0.1) is 5.37 Å². The molecule has 1 unspecified atom stereocenters. The van der Waals surface area contributed by atoms with Crippen molar-refractivity contribution in [1.82, 2.24) is 5.32 Å². The van der Waals surface area contributed by atoms with Gasteiger partial charge in [-0.2, -0.15) is 0 Å². The molecular formula is C8H15NS. The van der Waals surface area contributed by atoms with Crippen LogP contribution in [0, 0.1) is 5.92 Å². The summed E-state index contributed by atoms with van der Waals surface area (Å²) in [5.74, 6) is 2.44. The highest BCUT2D eigenvalue weighted by atomic mass is 32.2. The van der Waals surface area contributed by atoms with E-state index in [4.69, 9.17) is 0 Å². The summed E-state index contributed by atoms with van der Waals surface area (Å²) in [5.41, 5.74) is 0. The maximum Gasteiger partial charge on any atom is 0.0532 e. The van der Waals surface area contributed by atoms with Crippen LogP contribution in [0.25, 0.3) is 0 Å². The van der Waals surface area contributed by atoms with Crippen LogP contribution in [0.1, 0.15) is 25.7 Å². The molecule has 1 atom stereocenters. The van der Waals surface area contributed by atoms with Crippen LogP contribution in [-0.4, -0.2) is 17.7 Å². The van der Waals surface area contributed by atoms with Crippen LogP contribution in [0.2, 0.25) is 0 Å². The largest absolute Gasteiger partial charge is 0.305 e. The van der Waals surface area contributed by atoms with Gasteiger partial charge >= 0.3 is 0 Å². The van der Waals surface area contributed by atoms with Crippen LogP contribution in [0.3, 0.4) is 0 Å². The van der Waals surface area contributed by atoms with E-state index in [-0.39, 0.29) is 0 Å². The summed E-state index contributed by atoms with van der Waals surface area (Å²) >= 11 is 2.10. The van der Waals surface area contributed by atoms with Crippen molar-refractivity contribution < 1.29 is 0 Å². The van der Waals surface area contributed by atoms with E-state index in [1.54, 1.807) is 0 Å². The predicted molar refractivity (Wildman–Crippen MR) is 46.2 cm³/mol. The summed E-state index contributed by atoms with van der Waals surface area (Å²) in [7, 11) is 0. The van der Waals surface area contributed by atoms with E-state index >= 15 is 0 Å². The molecule has 2 fully saturated rings. The maximum atomic E-state index is 3.50. The number of rotatable bonds is 3. The fraction of sp³-hybridized carbons (Fsp3) is 1.00. The summed E-state index contributed by atoms with van der Waals surface area (Å²) in [5, 5.41) is 4.31. The molecular weight excluding hydrogens is 142 g/mol. The third kappa shape index (κ3) is 1.89. The van der Waals surface area contributed by atoms with E-state index in [1.165, 1.54) is 38.0 Å². The Balaban J connectivity index is 1.59. The summed E-state index contributed by atoms with van der Waals surface area (Å²) in [6.45, 7) is 1.24. The quantitative estimate of drug-likeness (QED) is 0.671. The minimum Gasteiger partial charge on any atom is -0.305 e. The molecule has 1 saturated heterocycles. The van der Waals surface area contributed by atoms with Crippen molar-refractivity contribution in [2.24, 2.45) is 5.92 Å². The Bertz CT molecular complexity index is 106. The third-order valence-corrected chi connectivity index (χ3v) is 3.57. The molecule has 1 nitrogen and oxygen atoms in total. The molecule has 2 heteroatoms. The van der Waals surface area contributed by atoms with Crippen LogP contribution in [0.4, 0.5) is 0 Å². The Kier molecular flexibility index (Phi) is 2.19. The lowest BCUT2D eigenvalue weighted by Gasteiger charge is -2.06. The fourth-order valence-electron chi connectivity index (χ4n) is 1.46. The zero-order valence-corrected chi connectivity index (χ0v) is 7.12. The number of hydrogen-bond donors (Lipinski definition) is 1. The first-order valence-electron chi connectivity index (χ1n) is 4.30. The van der Waals surface area contributed by atoms with Gasteiger partial charge in [0.15, 0.2) is 0 Å². The van der Waals surface area contributed by atoms with E-state index in [0.717, 1.165) is 11.3 Å². The van der Waals surface area contributed by atoms with Crippen molar-refractivity contribution in [2.45, 2.75) is 31.1 Å². The van der Waals surface area contributed by atoms with E-state index in [2.05, 4.69) is 17.1 Å². The maximum absolute atomic E-state index is 3.50. The SMILES string of the molecule is C1CSC(CCC2CC2)N1. The van der Waals surface area contributed by atoms with Crippen molar-refractivity contribution >= 4 is 11.8 Å². The van der Waals surface area contributed by atoms with Crippen LogP contribution in [0.15, 0.2) is 0 Å². The molecule has 0 spiro atoms. The van der Waals surface area contributed by atoms with E-state index in [0.29, 0.717) is 0 Å². The molecule has 0 aromatic rings. The lowest BCUT2D eigenvalue weighted by Crippen LogP contribution is -2.19. The summed E-state index contributed by atoms with van der Waals surface area (Å²) in [4.78, 5) is 0. The lowest BCUT2D eigenvalue weighted by atomic mass is 10.2. The molecule has 2 rings (SSSR count). The van der Waals surface area contributed by atoms with E-state index < -0.39 is 0 Å². The molecule has 1 heterocycles. The number of thioether (sulfide) groups is 1. The highest BCUT2D eigenvalue weighted by molar-refractivity contribution is 8.00. The van der Waals surface area contributed by atoms with Gasteiger partial charge in [-0.1, -0.05) is 12.8 Å².